The molecular weight excluding hydrogens is 360 g/mol. The number of benzene rings is 1. The maximum Gasteiger partial charge on any atom is 0.426 e. The lowest BCUT2D eigenvalue weighted by Gasteiger charge is -2.41. The Kier molecular flexibility index (Phi) is 3.70. The topological polar surface area (TPSA) is 34.1 Å². The number of rotatable bonds is 3. The molecule has 132 valence electrons. The van der Waals surface area contributed by atoms with Crippen molar-refractivity contribution >= 4 is 23.1 Å². The second-order valence-electron chi connectivity index (χ2n) is 6.30. The van der Waals surface area contributed by atoms with Gasteiger partial charge in [-0.2, -0.15) is 13.2 Å². The third kappa shape index (κ3) is 2.66. The van der Waals surface area contributed by atoms with Crippen LogP contribution in [0.15, 0.2) is 30.5 Å². The largest absolute Gasteiger partial charge is 0.426 e. The van der Waals surface area contributed by atoms with E-state index in [1.54, 1.807) is 0 Å². The molecule has 1 fully saturated rings. The summed E-state index contributed by atoms with van der Waals surface area (Å²) in [6.07, 6.45) is -1.93. The number of alkyl halides is 3. The van der Waals surface area contributed by atoms with Gasteiger partial charge in [0.05, 0.1) is 11.6 Å². The van der Waals surface area contributed by atoms with Gasteiger partial charge in [-0.3, -0.25) is 0 Å². The monoisotopic (exact) mass is 372 g/mol. The number of fused-ring (bicyclic) bond motifs is 2. The Labute approximate surface area is 146 Å². The highest BCUT2D eigenvalue weighted by atomic mass is 35.5. The first-order chi connectivity index (χ1) is 11.8. The van der Waals surface area contributed by atoms with E-state index in [4.69, 9.17) is 16.3 Å². The molecule has 1 saturated carbocycles. The maximum atomic E-state index is 14.3. The standard InChI is InChI=1S/C17H13ClF4N2O/c18-10-5-13-15(23-7-10)24-14-4-3-11(19)6-12(14)16(13,17(20,21)22)25-8-9-1-2-9/h3-7,9H,1-2,8H2,(H,23,24). The maximum absolute atomic E-state index is 14.3. The Bertz CT molecular complexity index is 784. The van der Waals surface area contributed by atoms with Crippen LogP contribution >= 0.6 is 11.6 Å². The third-order valence-electron chi connectivity index (χ3n) is 4.48. The van der Waals surface area contributed by atoms with Crippen LogP contribution in [0.3, 0.4) is 0 Å². The zero-order valence-electron chi connectivity index (χ0n) is 12.8. The third-order valence-corrected chi connectivity index (χ3v) is 4.69. The lowest BCUT2D eigenvalue weighted by atomic mass is 9.81. The van der Waals surface area contributed by atoms with Gasteiger partial charge in [-0.25, -0.2) is 9.37 Å². The number of aromatic nitrogens is 1. The molecule has 8 heteroatoms. The lowest BCUT2D eigenvalue weighted by molar-refractivity contribution is -0.268. The van der Waals surface area contributed by atoms with Gasteiger partial charge >= 0.3 is 6.18 Å². The van der Waals surface area contributed by atoms with Gasteiger partial charge in [0.15, 0.2) is 0 Å². The highest BCUT2D eigenvalue weighted by Gasteiger charge is 2.62. The van der Waals surface area contributed by atoms with E-state index >= 15 is 0 Å². The summed E-state index contributed by atoms with van der Waals surface area (Å²) in [4.78, 5) is 3.97. The molecule has 1 atom stereocenters. The summed E-state index contributed by atoms with van der Waals surface area (Å²) in [5, 5.41) is 2.85. The summed E-state index contributed by atoms with van der Waals surface area (Å²) in [7, 11) is 0. The summed E-state index contributed by atoms with van der Waals surface area (Å²) in [6.45, 7) is -0.0680. The summed E-state index contributed by atoms with van der Waals surface area (Å²) in [5.41, 5.74) is -3.29. The normalized spacial score (nSPS) is 22.1. The van der Waals surface area contributed by atoms with Crippen molar-refractivity contribution in [3.8, 4) is 0 Å². The first kappa shape index (κ1) is 16.6. The number of hydrogen-bond donors (Lipinski definition) is 1. The Morgan fingerprint density at radius 2 is 2.00 bits per heavy atom. The van der Waals surface area contributed by atoms with Crippen molar-refractivity contribution in [3.05, 3.63) is 52.4 Å². The molecule has 0 bridgehead atoms. The number of pyridine rings is 1. The molecule has 3 nitrogen and oxygen atoms in total. The number of nitrogens with zero attached hydrogens (tertiary/aromatic N) is 1. The quantitative estimate of drug-likeness (QED) is 0.755. The zero-order chi connectivity index (χ0) is 17.8. The van der Waals surface area contributed by atoms with Gasteiger partial charge < -0.3 is 10.1 Å². The first-order valence-corrected chi connectivity index (χ1v) is 8.13. The fourth-order valence-corrected chi connectivity index (χ4v) is 3.22. The van der Waals surface area contributed by atoms with Gasteiger partial charge in [-0.1, -0.05) is 11.6 Å². The Balaban J connectivity index is 1.98. The number of nitrogens with one attached hydrogen (secondary N) is 1. The van der Waals surface area contributed by atoms with Crippen molar-refractivity contribution in [1.29, 1.82) is 0 Å². The molecule has 4 rings (SSSR count). The van der Waals surface area contributed by atoms with Crippen LogP contribution in [0, 0.1) is 11.7 Å². The molecule has 2 aromatic rings. The van der Waals surface area contributed by atoms with Crippen molar-refractivity contribution in [2.45, 2.75) is 24.6 Å². The Hall–Kier alpha value is -1.86. The molecule has 2 heterocycles. The zero-order valence-corrected chi connectivity index (χ0v) is 13.6. The van der Waals surface area contributed by atoms with E-state index in [0.29, 0.717) is 0 Å². The van der Waals surface area contributed by atoms with Gasteiger partial charge in [0.25, 0.3) is 0 Å². The SMILES string of the molecule is Fc1ccc2c(c1)C(OCC1CC1)(C(F)(F)F)c1cc(Cl)cnc1N2. The molecule has 1 aliphatic carbocycles. The molecule has 1 unspecified atom stereocenters. The predicted octanol–water partition coefficient (Wildman–Crippen LogP) is 5.16. The highest BCUT2D eigenvalue weighted by Crippen LogP contribution is 2.55. The molecule has 1 aromatic carbocycles. The van der Waals surface area contributed by atoms with Crippen molar-refractivity contribution in [2.24, 2.45) is 5.92 Å². The van der Waals surface area contributed by atoms with E-state index in [1.165, 1.54) is 18.3 Å². The van der Waals surface area contributed by atoms with E-state index in [-0.39, 0.29) is 40.2 Å². The molecule has 25 heavy (non-hydrogen) atoms. The predicted molar refractivity (Wildman–Crippen MR) is 84.4 cm³/mol. The summed E-state index contributed by atoms with van der Waals surface area (Å²) >= 11 is 5.90. The number of halogens is 5. The van der Waals surface area contributed by atoms with Gasteiger partial charge in [0.1, 0.15) is 11.6 Å². The summed E-state index contributed by atoms with van der Waals surface area (Å²) < 4.78 is 62.3. The van der Waals surface area contributed by atoms with Gasteiger partial charge in [-0.15, -0.1) is 0 Å². The molecule has 1 aliphatic heterocycles. The average molecular weight is 373 g/mol. The second kappa shape index (κ2) is 5.57. The van der Waals surface area contributed by atoms with Gasteiger partial charge in [0, 0.05) is 23.0 Å². The van der Waals surface area contributed by atoms with Gasteiger partial charge in [-0.05, 0) is 43.0 Å². The van der Waals surface area contributed by atoms with E-state index in [2.05, 4.69) is 10.3 Å². The minimum absolute atomic E-state index is 0.00312. The Morgan fingerprint density at radius 3 is 2.68 bits per heavy atom. The fraction of sp³-hybridized carbons (Fsp3) is 0.353. The number of ether oxygens (including phenoxy) is 1. The molecule has 1 N–H and O–H groups in total. The summed E-state index contributed by atoms with van der Waals surface area (Å²) in [6, 6.07) is 4.37. The second-order valence-corrected chi connectivity index (χ2v) is 6.73. The minimum Gasteiger partial charge on any atom is -0.356 e. The van der Waals surface area contributed by atoms with Crippen molar-refractivity contribution in [3.63, 3.8) is 0 Å². The van der Waals surface area contributed by atoms with Crippen LogP contribution in [0.25, 0.3) is 0 Å². The van der Waals surface area contributed by atoms with E-state index < -0.39 is 17.6 Å². The van der Waals surface area contributed by atoms with Crippen molar-refractivity contribution in [1.82, 2.24) is 4.98 Å². The van der Waals surface area contributed by atoms with Crippen LogP contribution in [0.4, 0.5) is 29.1 Å². The van der Waals surface area contributed by atoms with Crippen LogP contribution in [-0.2, 0) is 10.3 Å². The average Bonchev–Trinajstić information content (AvgIpc) is 3.35. The minimum atomic E-state index is -4.83. The molecule has 0 amide bonds. The molecular formula is C17H13ClF4N2O. The molecule has 0 saturated heterocycles. The van der Waals surface area contributed by atoms with E-state index in [9.17, 15) is 17.6 Å². The van der Waals surface area contributed by atoms with E-state index in [1.807, 2.05) is 0 Å². The van der Waals surface area contributed by atoms with Crippen molar-refractivity contribution in [2.75, 3.05) is 11.9 Å². The van der Waals surface area contributed by atoms with Crippen LogP contribution in [-0.4, -0.2) is 17.8 Å². The van der Waals surface area contributed by atoms with E-state index in [0.717, 1.165) is 25.0 Å². The molecule has 1 aromatic heterocycles. The van der Waals surface area contributed by atoms with Crippen LogP contribution < -0.4 is 5.32 Å². The fourth-order valence-electron chi connectivity index (χ4n) is 3.07. The first-order valence-electron chi connectivity index (χ1n) is 7.75. The Morgan fingerprint density at radius 1 is 1.24 bits per heavy atom. The lowest BCUT2D eigenvalue weighted by Crippen LogP contribution is -2.48. The molecule has 2 aliphatic rings. The van der Waals surface area contributed by atoms with Crippen LogP contribution in [0.2, 0.25) is 5.02 Å². The number of anilines is 2. The molecule has 0 spiro atoms. The van der Waals surface area contributed by atoms with Gasteiger partial charge in [0.2, 0.25) is 5.60 Å². The highest BCUT2D eigenvalue weighted by molar-refractivity contribution is 6.30. The molecule has 0 radical (unpaired) electrons. The van der Waals surface area contributed by atoms with Crippen LogP contribution in [0.5, 0.6) is 0 Å². The van der Waals surface area contributed by atoms with Crippen molar-refractivity contribution < 1.29 is 22.3 Å². The van der Waals surface area contributed by atoms with Crippen LogP contribution in [0.1, 0.15) is 24.0 Å². The number of hydrogen-bond acceptors (Lipinski definition) is 3. The smallest absolute Gasteiger partial charge is 0.356 e. The summed E-state index contributed by atoms with van der Waals surface area (Å²) in [5.74, 6) is -0.694.